The van der Waals surface area contributed by atoms with Gasteiger partial charge >= 0.3 is 6.18 Å². The minimum atomic E-state index is -4.45. The number of carbonyl (C=O) groups is 1. The van der Waals surface area contributed by atoms with Gasteiger partial charge in [-0.25, -0.2) is 4.98 Å². The third-order valence-corrected chi connectivity index (χ3v) is 3.25. The van der Waals surface area contributed by atoms with E-state index in [1.165, 1.54) is 0 Å². The fraction of sp³-hybridized carbons (Fsp3) is 0.375. The first-order chi connectivity index (χ1) is 11.4. The summed E-state index contributed by atoms with van der Waals surface area (Å²) in [5, 5.41) is 2.61. The Morgan fingerprint density at radius 3 is 2.67 bits per heavy atom. The molecule has 0 saturated carbocycles. The molecule has 0 unspecified atom stereocenters. The standard InChI is InChI=1S/C16H18F3N3O2/c1-2-12(21-14(23)9-24-10-16(17,18)19)15-20-8-13(22-15)11-6-4-3-5-7-11/h3-8,12H,2,9-10H2,1H3,(H,20,22)(H,21,23)/t12-/m1/s1. The first kappa shape index (κ1) is 18.0. The summed E-state index contributed by atoms with van der Waals surface area (Å²) < 4.78 is 40.3. The lowest BCUT2D eigenvalue weighted by Crippen LogP contribution is -2.33. The molecule has 5 nitrogen and oxygen atoms in total. The second-order valence-corrected chi connectivity index (χ2v) is 5.18. The van der Waals surface area contributed by atoms with Gasteiger partial charge in [0.2, 0.25) is 5.91 Å². The van der Waals surface area contributed by atoms with E-state index in [0.717, 1.165) is 11.3 Å². The molecule has 1 heterocycles. The summed E-state index contributed by atoms with van der Waals surface area (Å²) in [7, 11) is 0. The average Bonchev–Trinajstić information content (AvgIpc) is 3.02. The Morgan fingerprint density at radius 1 is 1.33 bits per heavy atom. The molecule has 0 spiro atoms. The molecule has 1 amide bonds. The van der Waals surface area contributed by atoms with Crippen LogP contribution in [-0.4, -0.2) is 35.3 Å². The van der Waals surface area contributed by atoms with Crippen LogP contribution >= 0.6 is 0 Å². The third kappa shape index (κ3) is 5.38. The van der Waals surface area contributed by atoms with Crippen LogP contribution in [0.5, 0.6) is 0 Å². The van der Waals surface area contributed by atoms with Gasteiger partial charge in [0.05, 0.1) is 17.9 Å². The Bertz CT molecular complexity index is 656. The van der Waals surface area contributed by atoms with Gasteiger partial charge in [0.1, 0.15) is 19.0 Å². The number of hydrogen-bond donors (Lipinski definition) is 2. The highest BCUT2D eigenvalue weighted by Crippen LogP contribution is 2.20. The number of carbonyl (C=O) groups excluding carboxylic acids is 1. The summed E-state index contributed by atoms with van der Waals surface area (Å²) in [6, 6.07) is 9.10. The van der Waals surface area contributed by atoms with Gasteiger partial charge in [-0.1, -0.05) is 37.3 Å². The first-order valence-electron chi connectivity index (χ1n) is 7.43. The molecule has 1 atom stereocenters. The molecule has 8 heteroatoms. The van der Waals surface area contributed by atoms with E-state index in [9.17, 15) is 18.0 Å². The number of H-pyrrole nitrogens is 1. The van der Waals surface area contributed by atoms with Crippen LogP contribution in [0.25, 0.3) is 11.3 Å². The van der Waals surface area contributed by atoms with Crippen molar-refractivity contribution in [3.05, 3.63) is 42.4 Å². The molecule has 24 heavy (non-hydrogen) atoms. The zero-order valence-corrected chi connectivity index (χ0v) is 13.1. The molecule has 1 aromatic heterocycles. The van der Waals surface area contributed by atoms with Crippen molar-refractivity contribution < 1.29 is 22.7 Å². The Kier molecular flexibility index (Phi) is 5.97. The molecule has 1 aromatic carbocycles. The topological polar surface area (TPSA) is 67.0 Å². The van der Waals surface area contributed by atoms with Gasteiger partial charge in [0.15, 0.2) is 0 Å². The summed E-state index contributed by atoms with van der Waals surface area (Å²) in [5.41, 5.74) is 1.75. The number of alkyl halides is 3. The molecule has 2 rings (SSSR count). The maximum absolute atomic E-state index is 12.0. The Hall–Kier alpha value is -2.35. The fourth-order valence-corrected chi connectivity index (χ4v) is 2.14. The van der Waals surface area contributed by atoms with E-state index in [4.69, 9.17) is 0 Å². The van der Waals surface area contributed by atoms with E-state index >= 15 is 0 Å². The maximum Gasteiger partial charge on any atom is 0.411 e. The summed E-state index contributed by atoms with van der Waals surface area (Å²) in [4.78, 5) is 19.1. The number of imidazole rings is 1. The van der Waals surface area contributed by atoms with Crippen molar-refractivity contribution in [1.82, 2.24) is 15.3 Å². The minimum absolute atomic E-state index is 0.426. The molecule has 2 N–H and O–H groups in total. The molecule has 0 aliphatic rings. The van der Waals surface area contributed by atoms with E-state index in [2.05, 4.69) is 20.0 Å². The number of halogens is 3. The number of nitrogens with one attached hydrogen (secondary N) is 2. The predicted molar refractivity (Wildman–Crippen MR) is 82.1 cm³/mol. The number of aromatic amines is 1. The summed E-state index contributed by atoms with van der Waals surface area (Å²) in [6.45, 7) is -0.259. The van der Waals surface area contributed by atoms with Gasteiger partial charge in [-0.2, -0.15) is 13.2 Å². The number of ether oxygens (including phenoxy) is 1. The van der Waals surface area contributed by atoms with Crippen molar-refractivity contribution >= 4 is 5.91 Å². The Morgan fingerprint density at radius 2 is 2.04 bits per heavy atom. The summed E-state index contributed by atoms with van der Waals surface area (Å²) in [5.74, 6) is -0.0794. The van der Waals surface area contributed by atoms with E-state index in [1.807, 2.05) is 37.3 Å². The number of hydrogen-bond acceptors (Lipinski definition) is 3. The van der Waals surface area contributed by atoms with Crippen molar-refractivity contribution in [1.29, 1.82) is 0 Å². The van der Waals surface area contributed by atoms with E-state index < -0.39 is 31.3 Å². The average molecular weight is 341 g/mol. The van der Waals surface area contributed by atoms with Crippen LogP contribution in [0.15, 0.2) is 36.5 Å². The molecule has 0 radical (unpaired) electrons. The molecule has 0 bridgehead atoms. The van der Waals surface area contributed by atoms with E-state index in [0.29, 0.717) is 12.2 Å². The number of nitrogens with zero attached hydrogens (tertiary/aromatic N) is 1. The van der Waals surface area contributed by atoms with Crippen molar-refractivity contribution in [3.63, 3.8) is 0 Å². The van der Waals surface area contributed by atoms with Crippen LogP contribution in [-0.2, 0) is 9.53 Å². The summed E-state index contributed by atoms with van der Waals surface area (Å²) >= 11 is 0. The van der Waals surface area contributed by atoms with Crippen LogP contribution < -0.4 is 5.32 Å². The zero-order chi connectivity index (χ0) is 17.6. The van der Waals surface area contributed by atoms with Crippen LogP contribution in [0.2, 0.25) is 0 Å². The molecule has 0 aliphatic heterocycles. The predicted octanol–water partition coefficient (Wildman–Crippen LogP) is 3.22. The lowest BCUT2D eigenvalue weighted by atomic mass is 10.2. The largest absolute Gasteiger partial charge is 0.411 e. The monoisotopic (exact) mass is 341 g/mol. The Labute approximate surface area is 137 Å². The van der Waals surface area contributed by atoms with Gasteiger partial charge in [-0.05, 0) is 12.0 Å². The van der Waals surface area contributed by atoms with Gasteiger partial charge in [-0.15, -0.1) is 0 Å². The molecule has 0 aliphatic carbocycles. The zero-order valence-electron chi connectivity index (χ0n) is 13.1. The highest BCUT2D eigenvalue weighted by atomic mass is 19.4. The van der Waals surface area contributed by atoms with Gasteiger partial charge < -0.3 is 15.0 Å². The van der Waals surface area contributed by atoms with Crippen LogP contribution in [0.3, 0.4) is 0 Å². The maximum atomic E-state index is 12.0. The van der Waals surface area contributed by atoms with Gasteiger partial charge in [-0.3, -0.25) is 4.79 Å². The number of benzene rings is 1. The quantitative estimate of drug-likeness (QED) is 0.812. The van der Waals surface area contributed by atoms with Crippen LogP contribution in [0, 0.1) is 0 Å². The SMILES string of the molecule is CC[C@@H](NC(=O)COCC(F)(F)F)c1ncc(-c2ccccc2)[nH]1. The van der Waals surface area contributed by atoms with Crippen molar-refractivity contribution in [2.24, 2.45) is 0 Å². The normalized spacial score (nSPS) is 12.8. The first-order valence-corrected chi connectivity index (χ1v) is 7.43. The smallest absolute Gasteiger partial charge is 0.362 e. The second kappa shape index (κ2) is 7.96. The van der Waals surface area contributed by atoms with Gasteiger partial charge in [0, 0.05) is 0 Å². The molecule has 2 aromatic rings. The minimum Gasteiger partial charge on any atom is -0.362 e. The number of aromatic nitrogens is 2. The van der Waals surface area contributed by atoms with Crippen LogP contribution in [0.4, 0.5) is 13.2 Å². The highest BCUT2D eigenvalue weighted by molar-refractivity contribution is 5.77. The van der Waals surface area contributed by atoms with E-state index in [1.54, 1.807) is 6.20 Å². The highest BCUT2D eigenvalue weighted by Gasteiger charge is 2.28. The summed E-state index contributed by atoms with van der Waals surface area (Å²) in [6.07, 6.45) is -2.26. The van der Waals surface area contributed by atoms with Gasteiger partial charge in [0.25, 0.3) is 0 Å². The third-order valence-electron chi connectivity index (χ3n) is 3.25. The van der Waals surface area contributed by atoms with Crippen molar-refractivity contribution in [2.45, 2.75) is 25.6 Å². The molecular weight excluding hydrogens is 323 g/mol. The fourth-order valence-electron chi connectivity index (χ4n) is 2.14. The van der Waals surface area contributed by atoms with E-state index in [-0.39, 0.29) is 0 Å². The Balaban J connectivity index is 1.94. The second-order valence-electron chi connectivity index (χ2n) is 5.18. The number of amides is 1. The molecule has 0 fully saturated rings. The van der Waals surface area contributed by atoms with Crippen LogP contribution in [0.1, 0.15) is 25.2 Å². The van der Waals surface area contributed by atoms with Crippen molar-refractivity contribution in [3.8, 4) is 11.3 Å². The molecule has 130 valence electrons. The van der Waals surface area contributed by atoms with Crippen molar-refractivity contribution in [2.75, 3.05) is 13.2 Å². The lowest BCUT2D eigenvalue weighted by Gasteiger charge is -2.15. The molecule has 0 saturated heterocycles. The lowest BCUT2D eigenvalue weighted by molar-refractivity contribution is -0.175. The number of rotatable bonds is 7. The molecular formula is C16H18F3N3O2.